The van der Waals surface area contributed by atoms with E-state index in [1.165, 1.54) is 32.1 Å². The fraction of sp³-hybridized carbons (Fsp3) is 0.500. The second kappa shape index (κ2) is 13.9. The zero-order chi connectivity index (χ0) is 33.2. The quantitative estimate of drug-likeness (QED) is 0.273. The Morgan fingerprint density at radius 2 is 1.56 bits per heavy atom. The maximum atomic E-state index is 14.1. The minimum absolute atomic E-state index is 0.0497. The summed E-state index contributed by atoms with van der Waals surface area (Å²) < 4.78 is 7.79. The molecule has 1 saturated carbocycles. The molecule has 2 saturated heterocycles. The van der Waals surface area contributed by atoms with Crippen molar-refractivity contribution in [3.05, 3.63) is 80.8 Å². The van der Waals surface area contributed by atoms with Gasteiger partial charge in [-0.15, -0.1) is 0 Å². The standard InChI is InChI=1S/C36H45N7O5/c1-24-20-25(21-29-32(24)39-34(45)37-29)22-31(33(44)41-18-16-40(17-19-41)27-10-6-3-7-11-27)48-36(47)42-14-12-28(13-15-42)43-23-30(38-35(43)46)26-8-4-2-5-9-26/h2,4-5,8-9,20-21,23,27-28,31H,3,6-7,10-19,22H2,1H3,(H,38,46)(H2,37,39,45). The highest BCUT2D eigenvalue weighted by Gasteiger charge is 2.35. The number of carbonyl (C=O) groups excluding carboxylic acids is 2. The zero-order valence-corrected chi connectivity index (χ0v) is 27.6. The molecule has 1 unspecified atom stereocenters. The first-order valence-corrected chi connectivity index (χ1v) is 17.4. The fourth-order valence-electron chi connectivity index (χ4n) is 7.83. The van der Waals surface area contributed by atoms with Gasteiger partial charge in [0.1, 0.15) is 0 Å². The predicted octanol–water partition coefficient (Wildman–Crippen LogP) is 4.18. The highest BCUT2D eigenvalue weighted by molar-refractivity contribution is 5.85. The van der Waals surface area contributed by atoms with E-state index in [0.717, 1.165) is 41.0 Å². The van der Waals surface area contributed by atoms with Crippen molar-refractivity contribution in [1.82, 2.24) is 34.2 Å². The number of aryl methyl sites for hydroxylation is 1. The van der Waals surface area contributed by atoms with Crippen LogP contribution in [-0.2, 0) is 16.0 Å². The van der Waals surface area contributed by atoms with Gasteiger partial charge in [0, 0.05) is 64.0 Å². The number of imidazole rings is 2. The molecule has 0 radical (unpaired) electrons. The van der Waals surface area contributed by atoms with Crippen molar-refractivity contribution in [2.24, 2.45) is 0 Å². The number of piperidine rings is 1. The number of hydrogen-bond acceptors (Lipinski definition) is 6. The molecule has 48 heavy (non-hydrogen) atoms. The first-order chi connectivity index (χ1) is 23.3. The Morgan fingerprint density at radius 1 is 0.833 bits per heavy atom. The van der Waals surface area contributed by atoms with Gasteiger partial charge in [-0.1, -0.05) is 55.7 Å². The summed E-state index contributed by atoms with van der Waals surface area (Å²) in [5.74, 6) is -0.186. The summed E-state index contributed by atoms with van der Waals surface area (Å²) in [4.78, 5) is 67.1. The van der Waals surface area contributed by atoms with Crippen molar-refractivity contribution < 1.29 is 14.3 Å². The van der Waals surface area contributed by atoms with Gasteiger partial charge < -0.3 is 29.5 Å². The topological polar surface area (TPSA) is 140 Å². The number of nitrogens with zero attached hydrogens (tertiary/aromatic N) is 4. The van der Waals surface area contributed by atoms with E-state index in [2.05, 4.69) is 19.9 Å². The molecule has 0 spiro atoms. The fourth-order valence-corrected chi connectivity index (χ4v) is 7.83. The minimum Gasteiger partial charge on any atom is -0.436 e. The number of nitrogens with one attached hydrogen (secondary N) is 3. The first-order valence-electron chi connectivity index (χ1n) is 17.4. The molecule has 2 amide bonds. The van der Waals surface area contributed by atoms with Gasteiger partial charge in [0.2, 0.25) is 0 Å². The van der Waals surface area contributed by atoms with E-state index in [1.54, 1.807) is 9.47 Å². The van der Waals surface area contributed by atoms with Gasteiger partial charge in [-0.2, -0.15) is 0 Å². The van der Waals surface area contributed by atoms with Crippen LogP contribution in [0.15, 0.2) is 58.3 Å². The Kier molecular flexibility index (Phi) is 9.25. The van der Waals surface area contributed by atoms with Gasteiger partial charge in [0.25, 0.3) is 5.91 Å². The predicted molar refractivity (Wildman–Crippen MR) is 183 cm³/mol. The van der Waals surface area contributed by atoms with Crippen molar-refractivity contribution in [2.45, 2.75) is 76.5 Å². The SMILES string of the molecule is Cc1cc(CC(OC(=O)N2CCC(n3cc(-c4ccccc4)[nH]c3=O)CC2)C(=O)N2CCN(C3CCCCC3)CC2)cc2[nH]c(=O)[nH]c12. The van der Waals surface area contributed by atoms with Crippen LogP contribution in [0.1, 0.15) is 62.1 Å². The number of piperazine rings is 1. The van der Waals surface area contributed by atoms with E-state index in [-0.39, 0.29) is 29.7 Å². The Labute approximate surface area is 279 Å². The summed E-state index contributed by atoms with van der Waals surface area (Å²) in [5.41, 5.74) is 4.31. The second-order valence-electron chi connectivity index (χ2n) is 13.6. The third-order valence-corrected chi connectivity index (χ3v) is 10.5. The molecule has 3 N–H and O–H groups in total. The maximum absolute atomic E-state index is 14.1. The van der Waals surface area contributed by atoms with Crippen molar-refractivity contribution >= 4 is 23.0 Å². The summed E-state index contributed by atoms with van der Waals surface area (Å²) in [6.07, 6.45) is 8.02. The van der Waals surface area contributed by atoms with Crippen molar-refractivity contribution in [3.8, 4) is 11.3 Å². The number of likely N-dealkylation sites (tertiary alicyclic amines) is 1. The molecule has 12 heteroatoms. The maximum Gasteiger partial charge on any atom is 0.410 e. The highest BCUT2D eigenvalue weighted by atomic mass is 16.6. The van der Waals surface area contributed by atoms with Gasteiger partial charge in [0.15, 0.2) is 6.10 Å². The van der Waals surface area contributed by atoms with Crippen LogP contribution in [0.4, 0.5) is 4.79 Å². The molecule has 2 aromatic heterocycles. The Bertz CT molecular complexity index is 1850. The summed E-state index contributed by atoms with van der Waals surface area (Å²) in [7, 11) is 0. The van der Waals surface area contributed by atoms with E-state index in [1.807, 2.05) is 60.5 Å². The van der Waals surface area contributed by atoms with Crippen LogP contribution in [-0.4, -0.2) is 97.6 Å². The number of ether oxygens (including phenoxy) is 1. The van der Waals surface area contributed by atoms with Crippen molar-refractivity contribution in [3.63, 3.8) is 0 Å². The molecule has 12 nitrogen and oxygen atoms in total. The molecule has 7 rings (SSSR count). The van der Waals surface area contributed by atoms with E-state index >= 15 is 0 Å². The molecule has 4 aromatic rings. The number of carbonyl (C=O) groups is 2. The third-order valence-electron chi connectivity index (χ3n) is 10.5. The summed E-state index contributed by atoms with van der Waals surface area (Å²) in [6, 6.07) is 14.1. The lowest BCUT2D eigenvalue weighted by atomic mass is 9.94. The van der Waals surface area contributed by atoms with Gasteiger partial charge in [0.05, 0.1) is 16.7 Å². The monoisotopic (exact) mass is 655 g/mol. The molecule has 4 heterocycles. The second-order valence-corrected chi connectivity index (χ2v) is 13.6. The van der Waals surface area contributed by atoms with Gasteiger partial charge in [-0.25, -0.2) is 14.4 Å². The molecule has 2 aliphatic heterocycles. The normalized spacial score (nSPS) is 19.1. The highest BCUT2D eigenvalue weighted by Crippen LogP contribution is 2.27. The lowest BCUT2D eigenvalue weighted by Gasteiger charge is -2.41. The first kappa shape index (κ1) is 32.0. The van der Waals surface area contributed by atoms with Gasteiger partial charge in [-0.3, -0.25) is 14.3 Å². The van der Waals surface area contributed by atoms with Crippen LogP contribution >= 0.6 is 0 Å². The molecule has 3 fully saturated rings. The molecule has 254 valence electrons. The smallest absolute Gasteiger partial charge is 0.410 e. The molecule has 3 aliphatic rings. The molecule has 0 bridgehead atoms. The zero-order valence-electron chi connectivity index (χ0n) is 27.6. The van der Waals surface area contributed by atoms with Crippen LogP contribution in [0.5, 0.6) is 0 Å². The van der Waals surface area contributed by atoms with Gasteiger partial charge >= 0.3 is 17.5 Å². The molecule has 1 aliphatic carbocycles. The Balaban J connectivity index is 1.03. The third kappa shape index (κ3) is 6.85. The van der Waals surface area contributed by atoms with Crippen LogP contribution in [0.3, 0.4) is 0 Å². The summed E-state index contributed by atoms with van der Waals surface area (Å²) >= 11 is 0. The van der Waals surface area contributed by atoms with E-state index in [0.29, 0.717) is 50.6 Å². The molecular weight excluding hydrogens is 610 g/mol. The minimum atomic E-state index is -1.00. The number of aromatic amines is 3. The van der Waals surface area contributed by atoms with E-state index in [9.17, 15) is 19.2 Å². The number of rotatable bonds is 7. The number of H-pyrrole nitrogens is 3. The van der Waals surface area contributed by atoms with Crippen molar-refractivity contribution in [2.75, 3.05) is 39.3 Å². The largest absolute Gasteiger partial charge is 0.436 e. The molecule has 1 atom stereocenters. The van der Waals surface area contributed by atoms with Crippen LogP contribution in [0, 0.1) is 6.92 Å². The van der Waals surface area contributed by atoms with Crippen LogP contribution in [0.2, 0.25) is 0 Å². The lowest BCUT2D eigenvalue weighted by molar-refractivity contribution is -0.143. The lowest BCUT2D eigenvalue weighted by Crippen LogP contribution is -2.55. The van der Waals surface area contributed by atoms with Crippen LogP contribution < -0.4 is 11.4 Å². The van der Waals surface area contributed by atoms with Crippen LogP contribution in [0.25, 0.3) is 22.3 Å². The number of amides is 2. The number of fused-ring (bicyclic) bond motifs is 1. The number of aromatic nitrogens is 4. The number of hydrogen-bond donors (Lipinski definition) is 3. The Morgan fingerprint density at radius 3 is 2.29 bits per heavy atom. The van der Waals surface area contributed by atoms with Gasteiger partial charge in [-0.05, 0) is 55.4 Å². The number of benzene rings is 2. The molecular formula is C36H45N7O5. The summed E-state index contributed by atoms with van der Waals surface area (Å²) in [6.45, 7) is 5.60. The Hall–Kier alpha value is -4.58. The van der Waals surface area contributed by atoms with Crippen molar-refractivity contribution in [1.29, 1.82) is 0 Å². The summed E-state index contributed by atoms with van der Waals surface area (Å²) in [5, 5.41) is 0. The van der Waals surface area contributed by atoms with E-state index < -0.39 is 12.2 Å². The average molecular weight is 656 g/mol. The molecule has 2 aromatic carbocycles. The average Bonchev–Trinajstić information content (AvgIpc) is 3.70. The van der Waals surface area contributed by atoms with E-state index in [4.69, 9.17) is 4.74 Å².